The van der Waals surface area contributed by atoms with Crippen molar-refractivity contribution in [2.75, 3.05) is 5.75 Å². The Morgan fingerprint density at radius 1 is 1.38 bits per heavy atom. The van der Waals surface area contributed by atoms with Crippen LogP contribution in [0.2, 0.25) is 0 Å². The lowest BCUT2D eigenvalue weighted by Crippen LogP contribution is -2.10. The number of hydrogen-bond acceptors (Lipinski definition) is 7. The summed E-state index contributed by atoms with van der Waals surface area (Å²) < 4.78 is 5.45. The summed E-state index contributed by atoms with van der Waals surface area (Å²) in [4.78, 5) is 11.8. The molecule has 0 bridgehead atoms. The monoisotopic (exact) mass is 300 g/mol. The van der Waals surface area contributed by atoms with Crippen LogP contribution in [0.4, 0.5) is 0 Å². The molecule has 2 N–H and O–H groups in total. The van der Waals surface area contributed by atoms with E-state index in [9.17, 15) is 4.79 Å². The first-order valence-electron chi connectivity index (χ1n) is 6.03. The average molecular weight is 300 g/mol. The normalized spacial score (nSPS) is 11.6. The van der Waals surface area contributed by atoms with Gasteiger partial charge in [0, 0.05) is 11.3 Å². The first-order valence-corrected chi connectivity index (χ1v) is 7.01. The molecule has 0 radical (unpaired) electrons. The number of thioether (sulfide) groups is 1. The van der Waals surface area contributed by atoms with Crippen molar-refractivity contribution in [1.82, 2.24) is 10.2 Å². The van der Waals surface area contributed by atoms with Gasteiger partial charge in [0.25, 0.3) is 5.22 Å². The van der Waals surface area contributed by atoms with Crippen LogP contribution in [0.15, 0.2) is 51.2 Å². The summed E-state index contributed by atoms with van der Waals surface area (Å²) in [5.74, 6) is 0.0481. The molecule has 0 saturated carbocycles. The van der Waals surface area contributed by atoms with Crippen molar-refractivity contribution < 1.29 is 9.21 Å². The fourth-order valence-corrected chi connectivity index (χ4v) is 2.17. The number of nitrogens with two attached hydrogens (primary N) is 1. The number of nitrogens with zero attached hydrogens (tertiary/aromatic N) is 3. The van der Waals surface area contributed by atoms with E-state index >= 15 is 0 Å². The van der Waals surface area contributed by atoms with Crippen molar-refractivity contribution in [3.63, 3.8) is 0 Å². The molecule has 7 heteroatoms. The number of Topliss-reactive ketones (excluding diaryl/α,β-unsaturated/α-hetero) is 1. The molecule has 0 aliphatic heterocycles. The molecule has 0 aliphatic carbocycles. The van der Waals surface area contributed by atoms with E-state index in [1.165, 1.54) is 6.92 Å². The maximum absolute atomic E-state index is 11.8. The first-order chi connectivity index (χ1) is 10.1. The maximum Gasteiger partial charge on any atom is 0.277 e. The van der Waals surface area contributed by atoms with Crippen molar-refractivity contribution in [2.45, 2.75) is 12.1 Å². The third-order valence-corrected chi connectivity index (χ3v) is 3.36. The highest BCUT2D eigenvalue weighted by Crippen LogP contribution is 2.23. The van der Waals surface area contributed by atoms with Crippen molar-refractivity contribution in [1.29, 1.82) is 5.26 Å². The predicted molar refractivity (Wildman–Crippen MR) is 78.0 cm³/mol. The Bertz CT molecular complexity index is 712. The number of hydrogen-bond donors (Lipinski definition) is 1. The van der Waals surface area contributed by atoms with Crippen LogP contribution in [-0.4, -0.2) is 21.7 Å². The number of ketones is 1. The Labute approximate surface area is 125 Å². The van der Waals surface area contributed by atoms with Crippen LogP contribution in [0, 0.1) is 11.3 Å². The van der Waals surface area contributed by atoms with E-state index in [1.54, 1.807) is 6.07 Å². The molecular formula is C14H12N4O2S. The minimum absolute atomic E-state index is 0.0217. The third kappa shape index (κ3) is 3.70. The zero-order valence-electron chi connectivity index (χ0n) is 11.2. The Kier molecular flexibility index (Phi) is 4.74. The average Bonchev–Trinajstić information content (AvgIpc) is 2.95. The van der Waals surface area contributed by atoms with Crippen molar-refractivity contribution in [3.8, 4) is 17.5 Å². The molecule has 0 fully saturated rings. The highest BCUT2D eigenvalue weighted by atomic mass is 32.2. The Hall–Kier alpha value is -2.59. The molecule has 0 saturated heterocycles. The largest absolute Gasteiger partial charge is 0.411 e. The minimum atomic E-state index is -0.359. The van der Waals surface area contributed by atoms with Gasteiger partial charge in [0.1, 0.15) is 11.6 Å². The third-order valence-electron chi connectivity index (χ3n) is 2.54. The van der Waals surface area contributed by atoms with E-state index in [-0.39, 0.29) is 28.0 Å². The van der Waals surface area contributed by atoms with Gasteiger partial charge in [-0.05, 0) is 19.1 Å². The van der Waals surface area contributed by atoms with Gasteiger partial charge in [-0.15, -0.1) is 10.2 Å². The molecule has 0 spiro atoms. The Morgan fingerprint density at radius 2 is 2.10 bits per heavy atom. The molecule has 6 nitrogen and oxygen atoms in total. The molecule has 21 heavy (non-hydrogen) atoms. The number of carbonyl (C=O) groups excluding carboxylic acids is 1. The summed E-state index contributed by atoms with van der Waals surface area (Å²) in [5, 5.41) is 16.9. The standard InChI is InChI=1S/C14H12N4O2S/c1-9(16)11(7-15)12(19)8-21-14-18-17-13(20-14)10-5-3-2-4-6-10/h2-6H,8,16H2,1H3/b11-9-. The maximum atomic E-state index is 11.8. The summed E-state index contributed by atoms with van der Waals surface area (Å²) in [7, 11) is 0. The Balaban J connectivity index is 2.03. The number of rotatable bonds is 5. The van der Waals surface area contributed by atoms with Crippen LogP contribution >= 0.6 is 11.8 Å². The molecule has 0 unspecified atom stereocenters. The van der Waals surface area contributed by atoms with Gasteiger partial charge in [0.05, 0.1) is 5.75 Å². The molecule has 0 atom stereocenters. The molecule has 2 aromatic rings. The van der Waals surface area contributed by atoms with Crippen LogP contribution in [0.3, 0.4) is 0 Å². The van der Waals surface area contributed by atoms with Crippen molar-refractivity contribution in [3.05, 3.63) is 41.6 Å². The van der Waals surface area contributed by atoms with Crippen molar-refractivity contribution in [2.24, 2.45) is 5.73 Å². The minimum Gasteiger partial charge on any atom is -0.411 e. The molecular weight excluding hydrogens is 288 g/mol. The second-order valence-electron chi connectivity index (χ2n) is 4.12. The lowest BCUT2D eigenvalue weighted by Gasteiger charge is -1.98. The number of benzene rings is 1. The smallest absolute Gasteiger partial charge is 0.277 e. The van der Waals surface area contributed by atoms with Gasteiger partial charge in [0.2, 0.25) is 5.89 Å². The second-order valence-corrected chi connectivity index (χ2v) is 5.05. The van der Waals surface area contributed by atoms with Crippen molar-refractivity contribution >= 4 is 17.5 Å². The SMILES string of the molecule is C/C(N)=C(\C#N)C(=O)CSc1nnc(-c2ccccc2)o1. The fraction of sp³-hybridized carbons (Fsp3) is 0.143. The van der Waals surface area contributed by atoms with Crippen LogP contribution in [0.25, 0.3) is 11.5 Å². The lowest BCUT2D eigenvalue weighted by atomic mass is 10.2. The second kappa shape index (κ2) is 6.72. The van der Waals surface area contributed by atoms with E-state index in [0.29, 0.717) is 5.89 Å². The molecule has 1 aromatic heterocycles. The van der Waals surface area contributed by atoms with Crippen LogP contribution in [0.1, 0.15) is 6.92 Å². The van der Waals surface area contributed by atoms with E-state index in [0.717, 1.165) is 17.3 Å². The molecule has 106 valence electrons. The number of carbonyl (C=O) groups is 1. The van der Waals surface area contributed by atoms with E-state index in [1.807, 2.05) is 30.3 Å². The zero-order chi connectivity index (χ0) is 15.2. The molecule has 1 heterocycles. The number of nitriles is 1. The van der Waals surface area contributed by atoms with Gasteiger partial charge in [-0.25, -0.2) is 0 Å². The summed E-state index contributed by atoms with van der Waals surface area (Å²) in [6, 6.07) is 11.1. The quantitative estimate of drug-likeness (QED) is 0.512. The van der Waals surface area contributed by atoms with Gasteiger partial charge in [0.15, 0.2) is 5.78 Å². The predicted octanol–water partition coefficient (Wildman–Crippen LogP) is 2.15. The van der Waals surface area contributed by atoms with Crippen LogP contribution in [0.5, 0.6) is 0 Å². The number of allylic oxidation sites excluding steroid dienone is 2. The first kappa shape index (κ1) is 14.8. The summed E-state index contributed by atoms with van der Waals surface area (Å²) in [6.45, 7) is 1.52. The van der Waals surface area contributed by atoms with Crippen LogP contribution < -0.4 is 5.73 Å². The fourth-order valence-electron chi connectivity index (χ4n) is 1.54. The summed E-state index contributed by atoms with van der Waals surface area (Å²) in [6.07, 6.45) is 0. The number of aromatic nitrogens is 2. The van der Waals surface area contributed by atoms with Crippen LogP contribution in [-0.2, 0) is 4.79 Å². The Morgan fingerprint density at radius 3 is 2.71 bits per heavy atom. The van der Waals surface area contributed by atoms with E-state index < -0.39 is 0 Å². The summed E-state index contributed by atoms with van der Waals surface area (Å²) >= 11 is 1.07. The highest BCUT2D eigenvalue weighted by molar-refractivity contribution is 7.99. The van der Waals surface area contributed by atoms with E-state index in [4.69, 9.17) is 15.4 Å². The topological polar surface area (TPSA) is 106 Å². The van der Waals surface area contributed by atoms with Gasteiger partial charge < -0.3 is 10.2 Å². The zero-order valence-corrected chi connectivity index (χ0v) is 12.1. The van der Waals surface area contributed by atoms with Gasteiger partial charge >= 0.3 is 0 Å². The summed E-state index contributed by atoms with van der Waals surface area (Å²) in [5.41, 5.74) is 6.45. The van der Waals surface area contributed by atoms with Gasteiger partial charge in [-0.3, -0.25) is 4.79 Å². The molecule has 2 rings (SSSR count). The molecule has 1 aromatic carbocycles. The van der Waals surface area contributed by atoms with Gasteiger partial charge in [-0.1, -0.05) is 30.0 Å². The molecule has 0 aliphatic rings. The van der Waals surface area contributed by atoms with E-state index in [2.05, 4.69) is 10.2 Å². The molecule has 0 amide bonds. The highest BCUT2D eigenvalue weighted by Gasteiger charge is 2.15. The lowest BCUT2D eigenvalue weighted by molar-refractivity contribution is -0.112. The van der Waals surface area contributed by atoms with Gasteiger partial charge in [-0.2, -0.15) is 5.26 Å².